The molecule has 0 bridgehead atoms. The van der Waals surface area contributed by atoms with Crippen LogP contribution in [0.1, 0.15) is 65.7 Å². The highest BCUT2D eigenvalue weighted by Gasteiger charge is 2.62. The topological polar surface area (TPSA) is 74.6 Å². The van der Waals surface area contributed by atoms with Crippen LogP contribution in [0.25, 0.3) is 0 Å². The Bertz CT molecular complexity index is 730. The molecule has 142 valence electrons. The fourth-order valence-electron chi connectivity index (χ4n) is 6.74. The van der Waals surface area contributed by atoms with Crippen LogP contribution in [0.4, 0.5) is 0 Å². The minimum Gasteiger partial charge on any atom is -0.388 e. The molecular weight excluding hydrogens is 328 g/mol. The first kappa shape index (κ1) is 18.1. The van der Waals surface area contributed by atoms with Gasteiger partial charge in [0.1, 0.15) is 6.10 Å². The summed E-state index contributed by atoms with van der Waals surface area (Å²) in [5.74, 6) is 0.829. The maximum Gasteiger partial charge on any atom is 0.167 e. The molecule has 4 aliphatic rings. The van der Waals surface area contributed by atoms with Crippen molar-refractivity contribution in [3.05, 3.63) is 22.8 Å². The average molecular weight is 358 g/mol. The molecule has 0 aliphatic heterocycles. The summed E-state index contributed by atoms with van der Waals surface area (Å²) in [6.07, 6.45) is 5.86. The number of Topliss-reactive ketones (excluding diaryl/α,β-unsaturated/α-hetero) is 1. The third kappa shape index (κ3) is 2.27. The van der Waals surface area contributed by atoms with E-state index in [0.29, 0.717) is 11.8 Å². The van der Waals surface area contributed by atoms with E-state index >= 15 is 0 Å². The first-order valence-electron chi connectivity index (χ1n) is 10.1. The van der Waals surface area contributed by atoms with E-state index in [4.69, 9.17) is 0 Å². The number of aliphatic hydroxyl groups excluding tert-OH is 2. The Labute approximate surface area is 155 Å². The first-order chi connectivity index (χ1) is 12.2. The highest BCUT2D eigenvalue weighted by Crippen LogP contribution is 2.67. The van der Waals surface area contributed by atoms with Gasteiger partial charge in [0.2, 0.25) is 0 Å². The molecule has 2 fully saturated rings. The number of ketones is 2. The van der Waals surface area contributed by atoms with Crippen molar-refractivity contribution in [3.8, 4) is 0 Å². The molecule has 0 aromatic heterocycles. The van der Waals surface area contributed by atoms with Gasteiger partial charge in [-0.15, -0.1) is 0 Å². The third-order valence-electron chi connectivity index (χ3n) is 8.28. The first-order valence-corrected chi connectivity index (χ1v) is 10.1. The van der Waals surface area contributed by atoms with Crippen LogP contribution in [0.3, 0.4) is 0 Å². The van der Waals surface area contributed by atoms with E-state index in [2.05, 4.69) is 13.8 Å². The number of allylic oxidation sites excluding steroid dienone is 2. The van der Waals surface area contributed by atoms with Gasteiger partial charge < -0.3 is 10.2 Å². The van der Waals surface area contributed by atoms with Crippen LogP contribution in [-0.2, 0) is 9.59 Å². The van der Waals surface area contributed by atoms with Crippen LogP contribution in [0.15, 0.2) is 22.8 Å². The van der Waals surface area contributed by atoms with Gasteiger partial charge >= 0.3 is 0 Å². The van der Waals surface area contributed by atoms with Gasteiger partial charge in [-0.25, -0.2) is 0 Å². The molecule has 6 atom stereocenters. The fourth-order valence-corrected chi connectivity index (χ4v) is 6.74. The SMILES string of the molecule is CC(O)C(=O)[C@]1(C)CC[C@H]2[C@@H]3CCC4=CC(=O)C[C@@H](O)C4=C3CC[C@@]21C. The molecule has 0 aromatic rings. The largest absolute Gasteiger partial charge is 0.388 e. The fraction of sp³-hybridized carbons (Fsp3) is 0.727. The Hall–Kier alpha value is -1.26. The van der Waals surface area contributed by atoms with Crippen molar-refractivity contribution in [1.29, 1.82) is 0 Å². The molecule has 0 radical (unpaired) electrons. The van der Waals surface area contributed by atoms with Crippen molar-refractivity contribution < 1.29 is 19.8 Å². The van der Waals surface area contributed by atoms with Crippen LogP contribution in [0.2, 0.25) is 0 Å². The van der Waals surface area contributed by atoms with Gasteiger partial charge in [0.25, 0.3) is 0 Å². The second kappa shape index (κ2) is 5.87. The van der Waals surface area contributed by atoms with E-state index < -0.39 is 17.6 Å². The molecule has 0 aromatic carbocycles. The molecule has 0 spiro atoms. The number of fused-ring (bicyclic) bond motifs is 4. The molecular formula is C22H30O4. The zero-order valence-corrected chi connectivity index (χ0v) is 16.0. The minimum absolute atomic E-state index is 0.0155. The summed E-state index contributed by atoms with van der Waals surface area (Å²) in [7, 11) is 0. The number of carbonyl (C=O) groups is 2. The number of aliphatic hydroxyl groups is 2. The van der Waals surface area contributed by atoms with Gasteiger partial charge in [0, 0.05) is 11.8 Å². The number of carbonyl (C=O) groups excluding carboxylic acids is 2. The zero-order chi connectivity index (χ0) is 18.9. The normalized spacial score (nSPS) is 43.3. The molecule has 4 nitrogen and oxygen atoms in total. The van der Waals surface area contributed by atoms with Crippen LogP contribution >= 0.6 is 0 Å². The summed E-state index contributed by atoms with van der Waals surface area (Å²) in [5.41, 5.74) is 2.85. The lowest BCUT2D eigenvalue weighted by Crippen LogP contribution is -2.50. The molecule has 1 unspecified atom stereocenters. The maximum atomic E-state index is 12.9. The molecule has 4 rings (SSSR count). The average Bonchev–Trinajstić information content (AvgIpc) is 2.86. The zero-order valence-electron chi connectivity index (χ0n) is 16.0. The Kier molecular flexibility index (Phi) is 4.09. The van der Waals surface area contributed by atoms with E-state index in [1.165, 1.54) is 5.57 Å². The van der Waals surface area contributed by atoms with Crippen molar-refractivity contribution in [2.75, 3.05) is 0 Å². The molecule has 0 saturated heterocycles. The van der Waals surface area contributed by atoms with Gasteiger partial charge in [-0.05, 0) is 79.9 Å². The predicted octanol–water partition coefficient (Wildman–Crippen LogP) is 3.12. The smallest absolute Gasteiger partial charge is 0.167 e. The summed E-state index contributed by atoms with van der Waals surface area (Å²) in [6, 6.07) is 0. The number of hydrogen-bond acceptors (Lipinski definition) is 4. The lowest BCUT2D eigenvalue weighted by Gasteiger charge is -2.52. The molecule has 2 saturated carbocycles. The van der Waals surface area contributed by atoms with E-state index in [0.717, 1.165) is 49.7 Å². The van der Waals surface area contributed by atoms with Crippen LogP contribution in [-0.4, -0.2) is 34.0 Å². The van der Waals surface area contributed by atoms with Crippen LogP contribution < -0.4 is 0 Å². The monoisotopic (exact) mass is 358 g/mol. The van der Waals surface area contributed by atoms with Crippen LogP contribution in [0.5, 0.6) is 0 Å². The second-order valence-corrected chi connectivity index (χ2v) is 9.37. The van der Waals surface area contributed by atoms with Gasteiger partial charge in [0.15, 0.2) is 11.6 Å². The molecule has 4 heteroatoms. The summed E-state index contributed by atoms with van der Waals surface area (Å²) in [5, 5.41) is 20.5. The predicted molar refractivity (Wildman–Crippen MR) is 98.3 cm³/mol. The molecule has 4 aliphatic carbocycles. The van der Waals surface area contributed by atoms with Crippen molar-refractivity contribution in [3.63, 3.8) is 0 Å². The highest BCUT2D eigenvalue weighted by molar-refractivity contribution is 5.94. The minimum atomic E-state index is -0.914. The second-order valence-electron chi connectivity index (χ2n) is 9.37. The van der Waals surface area contributed by atoms with Gasteiger partial charge in [-0.2, -0.15) is 0 Å². The quantitative estimate of drug-likeness (QED) is 0.795. The summed E-state index contributed by atoms with van der Waals surface area (Å²) < 4.78 is 0. The van der Waals surface area contributed by atoms with Gasteiger partial charge in [-0.1, -0.05) is 19.4 Å². The lowest BCUT2D eigenvalue weighted by molar-refractivity contribution is -0.144. The standard InChI is InChI=1S/C22H30O4/c1-12(23)20(26)22(3)9-7-17-15-5-4-13-10-14(24)11-18(25)19(13)16(15)6-8-21(17,22)2/h10,12,15,17-18,23,25H,4-9,11H2,1-3H3/t12?,15-,17+,18-,21+,22+/m1/s1. The van der Waals surface area contributed by atoms with E-state index in [9.17, 15) is 19.8 Å². The Morgan fingerprint density at radius 3 is 2.65 bits per heavy atom. The summed E-state index contributed by atoms with van der Waals surface area (Å²) in [4.78, 5) is 24.7. The Morgan fingerprint density at radius 1 is 1.23 bits per heavy atom. The van der Waals surface area contributed by atoms with E-state index in [1.54, 1.807) is 13.0 Å². The molecule has 0 heterocycles. The molecule has 2 N–H and O–H groups in total. The molecule has 26 heavy (non-hydrogen) atoms. The Balaban J connectivity index is 1.74. The highest BCUT2D eigenvalue weighted by atomic mass is 16.3. The maximum absolute atomic E-state index is 12.9. The van der Waals surface area contributed by atoms with Gasteiger partial charge in [0.05, 0.1) is 6.10 Å². The summed E-state index contributed by atoms with van der Waals surface area (Å²) >= 11 is 0. The van der Waals surface area contributed by atoms with E-state index in [1.807, 2.05) is 0 Å². The molecule has 0 amide bonds. The lowest BCUT2D eigenvalue weighted by atomic mass is 9.51. The number of hydrogen-bond donors (Lipinski definition) is 2. The Morgan fingerprint density at radius 2 is 1.96 bits per heavy atom. The van der Waals surface area contributed by atoms with Crippen molar-refractivity contribution in [1.82, 2.24) is 0 Å². The van der Waals surface area contributed by atoms with Crippen LogP contribution in [0, 0.1) is 22.7 Å². The van der Waals surface area contributed by atoms with Crippen molar-refractivity contribution in [2.24, 2.45) is 22.7 Å². The third-order valence-corrected chi connectivity index (χ3v) is 8.28. The number of rotatable bonds is 2. The summed E-state index contributed by atoms with van der Waals surface area (Å²) in [6.45, 7) is 5.90. The van der Waals surface area contributed by atoms with E-state index in [-0.39, 0.29) is 23.4 Å². The van der Waals surface area contributed by atoms with Crippen molar-refractivity contribution >= 4 is 11.6 Å². The van der Waals surface area contributed by atoms with Crippen molar-refractivity contribution in [2.45, 2.75) is 77.9 Å². The van der Waals surface area contributed by atoms with Gasteiger partial charge in [-0.3, -0.25) is 9.59 Å².